The van der Waals surface area contributed by atoms with Crippen LogP contribution in [0.3, 0.4) is 0 Å². The molecule has 0 spiro atoms. The van der Waals surface area contributed by atoms with Gasteiger partial charge in [-0.3, -0.25) is 4.79 Å². The Morgan fingerprint density at radius 1 is 1.44 bits per heavy atom. The number of rotatable bonds is 7. The largest absolute Gasteiger partial charge is 0.341 e. The second kappa shape index (κ2) is 6.89. The maximum absolute atomic E-state index is 11.6. The number of likely N-dealkylation sites (tertiary alicyclic amines) is 1. The lowest BCUT2D eigenvalue weighted by Crippen LogP contribution is -2.45. The van der Waals surface area contributed by atoms with E-state index in [-0.39, 0.29) is 0 Å². The lowest BCUT2D eigenvalue weighted by Gasteiger charge is -2.29. The van der Waals surface area contributed by atoms with Crippen molar-refractivity contribution < 1.29 is 4.79 Å². The average molecular weight is 226 g/mol. The van der Waals surface area contributed by atoms with Crippen LogP contribution in [0.4, 0.5) is 0 Å². The highest BCUT2D eigenvalue weighted by molar-refractivity contribution is 5.78. The standard InChI is InChI=1S/C13H26N2O/c1-4-8-14-12(11(3)5-2)10-15-9-6-7-13(15)16/h11-12,14H,4-10H2,1-3H3. The van der Waals surface area contributed by atoms with Crippen molar-refractivity contribution in [3.8, 4) is 0 Å². The van der Waals surface area contributed by atoms with Gasteiger partial charge in [0.2, 0.25) is 5.91 Å². The van der Waals surface area contributed by atoms with Gasteiger partial charge in [0, 0.05) is 25.6 Å². The summed E-state index contributed by atoms with van der Waals surface area (Å²) in [5.41, 5.74) is 0. The van der Waals surface area contributed by atoms with E-state index in [2.05, 4.69) is 26.1 Å². The zero-order valence-electron chi connectivity index (χ0n) is 11.0. The molecule has 1 amide bonds. The maximum atomic E-state index is 11.6. The molecule has 0 bridgehead atoms. The molecule has 0 aliphatic carbocycles. The zero-order valence-corrected chi connectivity index (χ0v) is 11.0. The van der Waals surface area contributed by atoms with Gasteiger partial charge >= 0.3 is 0 Å². The van der Waals surface area contributed by atoms with Gasteiger partial charge in [-0.05, 0) is 25.3 Å². The molecule has 0 aromatic rings. The third-order valence-electron chi connectivity index (χ3n) is 3.58. The van der Waals surface area contributed by atoms with E-state index in [0.29, 0.717) is 17.9 Å². The predicted molar refractivity (Wildman–Crippen MR) is 67.4 cm³/mol. The minimum absolute atomic E-state index is 0.339. The number of amides is 1. The highest BCUT2D eigenvalue weighted by Crippen LogP contribution is 2.14. The van der Waals surface area contributed by atoms with Gasteiger partial charge in [-0.2, -0.15) is 0 Å². The summed E-state index contributed by atoms with van der Waals surface area (Å²) in [7, 11) is 0. The van der Waals surface area contributed by atoms with E-state index in [9.17, 15) is 4.79 Å². The third kappa shape index (κ3) is 3.78. The fourth-order valence-corrected chi connectivity index (χ4v) is 2.19. The lowest BCUT2D eigenvalue weighted by atomic mass is 9.98. The number of carbonyl (C=O) groups excluding carboxylic acids is 1. The van der Waals surface area contributed by atoms with Crippen molar-refractivity contribution >= 4 is 5.91 Å². The van der Waals surface area contributed by atoms with Gasteiger partial charge in [0.15, 0.2) is 0 Å². The third-order valence-corrected chi connectivity index (χ3v) is 3.58. The van der Waals surface area contributed by atoms with Crippen LogP contribution in [0.2, 0.25) is 0 Å². The van der Waals surface area contributed by atoms with Crippen molar-refractivity contribution in [1.29, 1.82) is 0 Å². The van der Waals surface area contributed by atoms with Crippen molar-refractivity contribution in [2.24, 2.45) is 5.92 Å². The molecule has 0 aromatic heterocycles. The Kier molecular flexibility index (Phi) is 5.81. The molecule has 1 aliphatic rings. The molecule has 1 N–H and O–H groups in total. The van der Waals surface area contributed by atoms with E-state index in [1.54, 1.807) is 0 Å². The van der Waals surface area contributed by atoms with E-state index in [0.717, 1.165) is 38.9 Å². The van der Waals surface area contributed by atoms with Crippen LogP contribution in [0, 0.1) is 5.92 Å². The molecule has 1 aliphatic heterocycles. The molecule has 1 heterocycles. The first kappa shape index (κ1) is 13.5. The van der Waals surface area contributed by atoms with E-state index < -0.39 is 0 Å². The van der Waals surface area contributed by atoms with E-state index >= 15 is 0 Å². The van der Waals surface area contributed by atoms with Crippen molar-refractivity contribution in [3.63, 3.8) is 0 Å². The summed E-state index contributed by atoms with van der Waals surface area (Å²) >= 11 is 0. The summed E-state index contributed by atoms with van der Waals surface area (Å²) < 4.78 is 0. The van der Waals surface area contributed by atoms with Gasteiger partial charge < -0.3 is 10.2 Å². The first-order chi connectivity index (χ1) is 7.69. The molecule has 1 fully saturated rings. The molecule has 1 rings (SSSR count). The highest BCUT2D eigenvalue weighted by atomic mass is 16.2. The lowest BCUT2D eigenvalue weighted by molar-refractivity contribution is -0.128. The van der Waals surface area contributed by atoms with Crippen LogP contribution in [-0.4, -0.2) is 36.5 Å². The Morgan fingerprint density at radius 3 is 2.69 bits per heavy atom. The van der Waals surface area contributed by atoms with Crippen LogP contribution >= 0.6 is 0 Å². The summed E-state index contributed by atoms with van der Waals surface area (Å²) in [4.78, 5) is 13.6. The second-order valence-electron chi connectivity index (χ2n) is 4.89. The van der Waals surface area contributed by atoms with Gasteiger partial charge in [0.25, 0.3) is 0 Å². The molecule has 3 nitrogen and oxygen atoms in total. The van der Waals surface area contributed by atoms with Crippen molar-refractivity contribution in [2.75, 3.05) is 19.6 Å². The Morgan fingerprint density at radius 2 is 2.19 bits per heavy atom. The van der Waals surface area contributed by atoms with E-state index in [1.165, 1.54) is 6.42 Å². The van der Waals surface area contributed by atoms with Crippen LogP contribution in [-0.2, 0) is 4.79 Å². The topological polar surface area (TPSA) is 32.3 Å². The minimum Gasteiger partial charge on any atom is -0.341 e. The first-order valence-corrected chi connectivity index (χ1v) is 6.70. The molecule has 1 saturated heterocycles. The quantitative estimate of drug-likeness (QED) is 0.720. The highest BCUT2D eigenvalue weighted by Gasteiger charge is 2.25. The molecule has 94 valence electrons. The molecule has 3 heteroatoms. The summed E-state index contributed by atoms with van der Waals surface area (Å²) in [5.74, 6) is 0.978. The summed E-state index contributed by atoms with van der Waals surface area (Å²) in [6.45, 7) is 9.58. The number of hydrogen-bond donors (Lipinski definition) is 1. The molecule has 0 radical (unpaired) electrons. The Bertz CT molecular complexity index is 218. The Balaban J connectivity index is 2.44. The fourth-order valence-electron chi connectivity index (χ4n) is 2.19. The summed E-state index contributed by atoms with van der Waals surface area (Å²) in [6.07, 6.45) is 4.12. The van der Waals surface area contributed by atoms with Crippen LogP contribution in [0.15, 0.2) is 0 Å². The van der Waals surface area contributed by atoms with Gasteiger partial charge in [0.1, 0.15) is 0 Å². The average Bonchev–Trinajstić information content (AvgIpc) is 2.69. The van der Waals surface area contributed by atoms with Crippen LogP contribution < -0.4 is 5.32 Å². The normalized spacial score (nSPS) is 20.2. The van der Waals surface area contributed by atoms with Crippen molar-refractivity contribution in [3.05, 3.63) is 0 Å². The van der Waals surface area contributed by atoms with Gasteiger partial charge in [-0.25, -0.2) is 0 Å². The summed E-state index contributed by atoms with van der Waals surface area (Å²) in [6, 6.07) is 0.465. The second-order valence-corrected chi connectivity index (χ2v) is 4.89. The van der Waals surface area contributed by atoms with Gasteiger partial charge in [-0.1, -0.05) is 27.2 Å². The predicted octanol–water partition coefficient (Wildman–Crippen LogP) is 2.02. The number of hydrogen-bond acceptors (Lipinski definition) is 2. The molecular weight excluding hydrogens is 200 g/mol. The monoisotopic (exact) mass is 226 g/mol. The van der Waals surface area contributed by atoms with Crippen LogP contribution in [0.5, 0.6) is 0 Å². The van der Waals surface area contributed by atoms with Gasteiger partial charge in [0.05, 0.1) is 0 Å². The van der Waals surface area contributed by atoms with Crippen LogP contribution in [0.1, 0.15) is 46.5 Å². The molecular formula is C13H26N2O. The molecule has 0 aromatic carbocycles. The van der Waals surface area contributed by atoms with Gasteiger partial charge in [-0.15, -0.1) is 0 Å². The Hall–Kier alpha value is -0.570. The first-order valence-electron chi connectivity index (χ1n) is 6.70. The SMILES string of the molecule is CCCNC(CN1CCCC1=O)C(C)CC. The minimum atomic E-state index is 0.339. The molecule has 2 unspecified atom stereocenters. The number of carbonyl (C=O) groups is 1. The number of nitrogens with one attached hydrogen (secondary N) is 1. The Labute approximate surface area is 99.6 Å². The smallest absolute Gasteiger partial charge is 0.222 e. The molecule has 2 atom stereocenters. The number of nitrogens with zero attached hydrogens (tertiary/aromatic N) is 1. The van der Waals surface area contributed by atoms with Crippen molar-refractivity contribution in [2.45, 2.75) is 52.5 Å². The fraction of sp³-hybridized carbons (Fsp3) is 0.923. The summed E-state index contributed by atoms with van der Waals surface area (Å²) in [5, 5.41) is 3.57. The van der Waals surface area contributed by atoms with Crippen molar-refractivity contribution in [1.82, 2.24) is 10.2 Å². The molecule has 16 heavy (non-hydrogen) atoms. The zero-order chi connectivity index (χ0) is 12.0. The van der Waals surface area contributed by atoms with E-state index in [4.69, 9.17) is 0 Å². The van der Waals surface area contributed by atoms with E-state index in [1.807, 2.05) is 4.90 Å². The molecule has 0 saturated carbocycles. The maximum Gasteiger partial charge on any atom is 0.222 e. The van der Waals surface area contributed by atoms with Crippen LogP contribution in [0.25, 0.3) is 0 Å².